The number of nitrogens with zero attached hydrogens (tertiary/aromatic N) is 1. The van der Waals surface area contributed by atoms with Gasteiger partial charge in [0.25, 0.3) is 0 Å². The summed E-state index contributed by atoms with van der Waals surface area (Å²) in [5.74, 6) is 0. The summed E-state index contributed by atoms with van der Waals surface area (Å²) in [6.45, 7) is 8.33. The molecule has 0 heterocycles. The Morgan fingerprint density at radius 2 is 1.73 bits per heavy atom. The van der Waals surface area contributed by atoms with Crippen molar-refractivity contribution in [3.05, 3.63) is 0 Å². The van der Waals surface area contributed by atoms with Crippen LogP contribution in [-0.4, -0.2) is 15.0 Å². The third-order valence-corrected chi connectivity index (χ3v) is 2.64. The second-order valence-electron chi connectivity index (χ2n) is 3.54. The van der Waals surface area contributed by atoms with Crippen molar-refractivity contribution in [1.29, 1.82) is 0 Å². The van der Waals surface area contributed by atoms with Crippen LogP contribution < -0.4 is 0 Å². The van der Waals surface area contributed by atoms with Crippen LogP contribution in [-0.2, 0) is 0 Å². The fourth-order valence-electron chi connectivity index (χ4n) is 0.379. The molecule has 0 rings (SSSR count). The Labute approximate surface area is 85.9 Å². The van der Waals surface area contributed by atoms with E-state index >= 15 is 0 Å². The van der Waals surface area contributed by atoms with Gasteiger partial charge in [0, 0.05) is 6.21 Å². The van der Waals surface area contributed by atoms with Crippen LogP contribution in [0.15, 0.2) is 4.99 Å². The lowest BCUT2D eigenvalue weighted by Crippen LogP contribution is -2.17. The van der Waals surface area contributed by atoms with Crippen LogP contribution in [0.2, 0.25) is 0 Å². The molecular weight excluding hydrogens is 270 g/mol. The molecule has 0 fully saturated rings. The summed E-state index contributed by atoms with van der Waals surface area (Å²) < 4.78 is -0.118. The van der Waals surface area contributed by atoms with Gasteiger partial charge in [-0.2, -0.15) is 0 Å². The molecular formula is C8H15Br2N. The van der Waals surface area contributed by atoms with Gasteiger partial charge in [0.15, 0.2) is 0 Å². The van der Waals surface area contributed by atoms with Gasteiger partial charge in [0.2, 0.25) is 0 Å². The molecule has 0 aromatic carbocycles. The van der Waals surface area contributed by atoms with E-state index in [-0.39, 0.29) is 8.77 Å². The Morgan fingerprint density at radius 3 is 2.00 bits per heavy atom. The van der Waals surface area contributed by atoms with Gasteiger partial charge >= 0.3 is 0 Å². The molecule has 3 heteroatoms. The first-order valence-corrected chi connectivity index (χ1v) is 5.30. The Hall–Kier alpha value is 0.630. The molecule has 0 aliphatic rings. The maximum atomic E-state index is 4.38. The van der Waals surface area contributed by atoms with E-state index in [1.165, 1.54) is 0 Å². The van der Waals surface area contributed by atoms with Crippen molar-refractivity contribution in [3.63, 3.8) is 0 Å². The lowest BCUT2D eigenvalue weighted by molar-refractivity contribution is 0.584. The first kappa shape index (κ1) is 11.6. The number of hydrogen-bond acceptors (Lipinski definition) is 1. The normalized spacial score (nSPS) is 14.4. The van der Waals surface area contributed by atoms with Crippen molar-refractivity contribution < 1.29 is 0 Å². The highest BCUT2D eigenvalue weighted by Crippen LogP contribution is 2.28. The summed E-state index contributed by atoms with van der Waals surface area (Å²) in [5.41, 5.74) is 0.0158. The monoisotopic (exact) mass is 283 g/mol. The Morgan fingerprint density at radius 1 is 1.27 bits per heavy atom. The Bertz CT molecular complexity index is 145. The van der Waals surface area contributed by atoms with Crippen molar-refractivity contribution in [2.24, 2.45) is 4.99 Å². The second kappa shape index (κ2) is 4.04. The second-order valence-corrected chi connectivity index (χ2v) is 7.44. The van der Waals surface area contributed by atoms with Gasteiger partial charge in [-0.15, -0.1) is 0 Å². The topological polar surface area (TPSA) is 12.4 Å². The van der Waals surface area contributed by atoms with Crippen LogP contribution >= 0.6 is 31.9 Å². The van der Waals surface area contributed by atoms with E-state index in [0.717, 1.165) is 6.42 Å². The van der Waals surface area contributed by atoms with Gasteiger partial charge in [0.05, 0.1) is 5.54 Å². The number of halogens is 2. The van der Waals surface area contributed by atoms with Crippen LogP contribution in [0.5, 0.6) is 0 Å². The van der Waals surface area contributed by atoms with E-state index in [9.17, 15) is 0 Å². The maximum absolute atomic E-state index is 4.38. The highest BCUT2D eigenvalue weighted by atomic mass is 79.9. The zero-order valence-electron chi connectivity index (χ0n) is 7.49. The lowest BCUT2D eigenvalue weighted by Gasteiger charge is -2.16. The smallest absolute Gasteiger partial charge is 0.115 e. The van der Waals surface area contributed by atoms with Crippen LogP contribution in [0.4, 0.5) is 0 Å². The average molecular weight is 285 g/mol. The van der Waals surface area contributed by atoms with Crippen LogP contribution in [0.25, 0.3) is 0 Å². The lowest BCUT2D eigenvalue weighted by atomic mass is 10.1. The summed E-state index contributed by atoms with van der Waals surface area (Å²) in [6, 6.07) is 0. The molecule has 0 aliphatic heterocycles. The first-order chi connectivity index (χ1) is 4.77. The minimum absolute atomic E-state index is 0.0158. The van der Waals surface area contributed by atoms with Gasteiger partial charge in [-0.25, -0.2) is 0 Å². The molecule has 0 aliphatic carbocycles. The van der Waals surface area contributed by atoms with Gasteiger partial charge in [0.1, 0.15) is 3.23 Å². The van der Waals surface area contributed by atoms with Crippen molar-refractivity contribution in [2.75, 3.05) is 0 Å². The molecule has 0 radical (unpaired) electrons. The van der Waals surface area contributed by atoms with Crippen LogP contribution in [0, 0.1) is 0 Å². The predicted molar refractivity (Wildman–Crippen MR) is 59.1 cm³/mol. The molecule has 0 N–H and O–H groups in total. The zero-order chi connectivity index (χ0) is 9.12. The summed E-state index contributed by atoms with van der Waals surface area (Å²) in [6.07, 6.45) is 2.89. The Kier molecular flexibility index (Phi) is 4.27. The largest absolute Gasteiger partial charge is 0.289 e. The number of aliphatic imine (C=N–C) groups is 1. The summed E-state index contributed by atoms with van der Waals surface area (Å²) >= 11 is 7.00. The van der Waals surface area contributed by atoms with Gasteiger partial charge in [-0.05, 0) is 27.2 Å². The molecule has 0 unspecified atom stereocenters. The SMILES string of the molecule is CCC(Br)(Br)C=NC(C)(C)C. The van der Waals surface area contributed by atoms with Gasteiger partial charge in [-0.1, -0.05) is 38.8 Å². The van der Waals surface area contributed by atoms with E-state index in [1.54, 1.807) is 0 Å². The molecule has 66 valence electrons. The number of rotatable bonds is 2. The van der Waals surface area contributed by atoms with E-state index in [1.807, 2.05) is 6.21 Å². The highest BCUT2D eigenvalue weighted by Gasteiger charge is 2.17. The van der Waals surface area contributed by atoms with E-state index in [0.29, 0.717) is 0 Å². The summed E-state index contributed by atoms with van der Waals surface area (Å²) in [5, 5.41) is 0. The highest BCUT2D eigenvalue weighted by molar-refractivity contribution is 9.25. The van der Waals surface area contributed by atoms with Crippen molar-refractivity contribution in [2.45, 2.75) is 42.9 Å². The Balaban J connectivity index is 4.13. The van der Waals surface area contributed by atoms with Crippen molar-refractivity contribution in [1.82, 2.24) is 0 Å². The van der Waals surface area contributed by atoms with Gasteiger partial charge < -0.3 is 0 Å². The molecule has 0 amide bonds. The number of hydrogen-bond donors (Lipinski definition) is 0. The molecule has 11 heavy (non-hydrogen) atoms. The molecule has 0 aromatic heterocycles. The predicted octanol–water partition coefficient (Wildman–Crippen LogP) is 3.75. The molecule has 0 spiro atoms. The first-order valence-electron chi connectivity index (χ1n) is 3.71. The maximum Gasteiger partial charge on any atom is 0.115 e. The standard InChI is InChI=1S/C8H15Br2N/c1-5-8(9,10)6-11-7(2,3)4/h6H,5H2,1-4H3. The number of alkyl halides is 2. The molecule has 0 atom stereocenters. The third kappa shape index (κ3) is 7.01. The summed E-state index contributed by atoms with van der Waals surface area (Å²) in [4.78, 5) is 4.38. The average Bonchev–Trinajstić information content (AvgIpc) is 1.83. The zero-order valence-corrected chi connectivity index (χ0v) is 10.7. The van der Waals surface area contributed by atoms with Gasteiger partial charge in [-0.3, -0.25) is 4.99 Å². The van der Waals surface area contributed by atoms with Crippen molar-refractivity contribution >= 4 is 38.1 Å². The summed E-state index contributed by atoms with van der Waals surface area (Å²) in [7, 11) is 0. The molecule has 0 saturated carbocycles. The van der Waals surface area contributed by atoms with Crippen molar-refractivity contribution in [3.8, 4) is 0 Å². The van der Waals surface area contributed by atoms with E-state index in [2.05, 4.69) is 64.5 Å². The minimum atomic E-state index is -0.118. The third-order valence-electron chi connectivity index (χ3n) is 1.11. The fraction of sp³-hybridized carbons (Fsp3) is 0.875. The molecule has 0 aromatic rings. The fourth-order valence-corrected chi connectivity index (χ4v) is 0.584. The molecule has 0 bridgehead atoms. The quantitative estimate of drug-likeness (QED) is 0.541. The minimum Gasteiger partial charge on any atom is -0.289 e. The molecule has 1 nitrogen and oxygen atoms in total. The van der Waals surface area contributed by atoms with Crippen LogP contribution in [0.3, 0.4) is 0 Å². The molecule has 0 saturated heterocycles. The van der Waals surface area contributed by atoms with E-state index < -0.39 is 0 Å². The van der Waals surface area contributed by atoms with E-state index in [4.69, 9.17) is 0 Å². The van der Waals surface area contributed by atoms with Crippen LogP contribution in [0.1, 0.15) is 34.1 Å².